The van der Waals surface area contributed by atoms with Gasteiger partial charge in [-0.05, 0) is 303 Å². The molecule has 0 saturated carbocycles. The molecule has 41 nitrogen and oxygen atoms in total. The molecule has 6 N–H and O–H groups in total. The molecule has 15 heterocycles. The Morgan fingerprint density at radius 1 is 0.403 bits per heavy atom. The zero-order valence-electron chi connectivity index (χ0n) is 76.0. The third-order valence-corrected chi connectivity index (χ3v) is 31.0. The first-order valence-corrected chi connectivity index (χ1v) is 48.6. The summed E-state index contributed by atoms with van der Waals surface area (Å²) in [5.41, 5.74) is 35.4. The van der Waals surface area contributed by atoms with Crippen LogP contribution in [0.15, 0.2) is 333 Å². The Morgan fingerprint density at radius 3 is 1.12 bits per heavy atom. The van der Waals surface area contributed by atoms with Crippen LogP contribution in [0.4, 0.5) is 17.8 Å². The number of benzene rings is 3. The Balaban J connectivity index is 0.000000145. The van der Waals surface area contributed by atoms with Gasteiger partial charge in [0.15, 0.2) is 11.3 Å². The second-order valence-electron chi connectivity index (χ2n) is 34.8. The molecule has 0 unspecified atom stereocenters. The molecule has 49 heteroatoms. The number of halogens is 2. The molecule has 3 aromatic carbocycles. The van der Waals surface area contributed by atoms with Crippen molar-refractivity contribution in [1.82, 2.24) is 82.5 Å². The van der Waals surface area contributed by atoms with Crippen molar-refractivity contribution >= 4 is 154 Å². The van der Waals surface area contributed by atoms with E-state index in [0.29, 0.717) is 4.90 Å². The van der Waals surface area contributed by atoms with Crippen LogP contribution < -0.4 is 59.4 Å². The van der Waals surface area contributed by atoms with Crippen LogP contribution in [0.3, 0.4) is 0 Å². The maximum absolute atomic E-state index is 13.3. The summed E-state index contributed by atoms with van der Waals surface area (Å²) in [6.07, 6.45) is 37.0. The van der Waals surface area contributed by atoms with Crippen LogP contribution in [0.2, 0.25) is 0 Å². The van der Waals surface area contributed by atoms with Gasteiger partial charge in [-0.15, -0.1) is 17.3 Å². The first-order chi connectivity index (χ1) is 66.1. The summed E-state index contributed by atoms with van der Waals surface area (Å²) in [5, 5.41) is 45.6. The monoisotopic (exact) mass is 2050 g/mol. The smallest absolute Gasteiger partial charge is 0.775 e. The molecule has 0 radical (unpaired) electrons. The summed E-state index contributed by atoms with van der Waals surface area (Å²) >= 11 is 12.0. The second-order valence-corrected chi connectivity index (χ2v) is 42.3. The fourth-order valence-electron chi connectivity index (χ4n) is 18.2. The van der Waals surface area contributed by atoms with E-state index >= 15 is 0 Å². The average molecular weight is 2060 g/mol. The number of rotatable bonds is 19. The van der Waals surface area contributed by atoms with Crippen LogP contribution in [0.1, 0.15) is 139 Å². The molecule has 3 fully saturated rings. The number of nitrogens with two attached hydrogens (primary N) is 1. The van der Waals surface area contributed by atoms with Crippen molar-refractivity contribution in [3.05, 3.63) is 258 Å². The quantitative estimate of drug-likeness (QED) is 0.0217. The maximum Gasteiger partial charge on any atom is 1.00 e. The molecule has 5 atom stereocenters. The number of imidazole rings is 3. The van der Waals surface area contributed by atoms with Gasteiger partial charge in [0.05, 0.1) is 69.9 Å². The minimum Gasteiger partial charge on any atom is -0.775 e. The predicted molar refractivity (Wildman–Crippen MR) is 534 cm³/mol. The van der Waals surface area contributed by atoms with E-state index in [4.69, 9.17) is 44.4 Å². The van der Waals surface area contributed by atoms with Gasteiger partial charge in [-0.1, -0.05) is 104 Å². The summed E-state index contributed by atoms with van der Waals surface area (Å²) in [4.78, 5) is 66.4. The number of hydrogen-bond donors (Lipinski definition) is 5. The molecule has 3 aliphatic heterocycles. The SMILES string of the molecule is Brc1ccnc2cccnc12.C.CC(C)(C)[S@@](=O)N[C@@H]1c2ccccc2CC12CCN(c1ncc(Sc3ccnc4cccnc34)c3nccn13)CC2.CC(C)(C)[S@@](=O)N[C@@H]1c2ccccc2CC12CCN(c1ncc([S-])c3nccn13)CC2.Cl.N=N/N=N/N=N/N=N/N=N/N=N/N=N/N=N/N=N.N[C@@H]1c2ccccc2CC12CCN(c1ncc(Sc3ccnc4cccnc34)c3nccn13)CC2.[Na+]. The Morgan fingerprint density at radius 2 is 0.734 bits per heavy atom. The van der Waals surface area contributed by atoms with Crippen molar-refractivity contribution in [2.45, 2.75) is 159 Å². The standard InChI is InChI=1S/C31H33N7OS2.C27H25N7S.C23H29N5OS2.C8H5BrN2.CH4.ClH.H2N18.Na/c1-30(2,3)41(39)36-27-22-8-5-4-7-21(22)19-31(27)11-16-37(17-12-31)29-35-20-25(28-34-15-18-38(28)29)40-24-10-14-32-23-9-6-13-33-26(23)24;28-24-19-5-2-1-4-18(19)16-27(24)8-13-33(14-9-27)26-32-17-22(25-31-12-15-34(25)26)35-21-7-11-29-20-6-3-10-30-23(20)21;1-22(2,3)31(29)26-19-17-7-5-4-6-16(17)14-23(19)8-11-27(12-9-23)21-25-15-18(30)20-24-10-13-28(20)21;9-6-3-5-10-7-2-1-4-11-8(6)7;;;1-3-5-7-9-11-13-15-17-18-16-14-12-10-8-6-4-2;/h4-10,13-15,18,20,27,36H,11-12,16-17,19H2,1-3H3;1-7,10-12,15,17,24H,8-9,13-14,16,28H2;4-7,10,13,15,19,26,30H,8-9,11-12,14H2,1-3H3;1-5H;1H4;1H;1-2H;/q;;;;;;;+1/p-1/b;;;;;;3-1?,4-2?,7-5+,8-6+,11-9+,12-10+,15-13+,16-14+,18-17+;/t27-,41-;24-;19-,31-;;;;;/m111...../s1. The third-order valence-electron chi connectivity index (χ3n) is 24.9. The number of fused-ring (bicyclic) bond motifs is 9. The maximum atomic E-state index is 13.3. The van der Waals surface area contributed by atoms with Gasteiger partial charge in [0, 0.05) is 153 Å². The van der Waals surface area contributed by atoms with Crippen molar-refractivity contribution in [1.29, 1.82) is 11.1 Å². The summed E-state index contributed by atoms with van der Waals surface area (Å²) in [5.74, 6) is 2.75. The molecule has 3 aliphatic carbocycles. The van der Waals surface area contributed by atoms with Crippen LogP contribution in [0.25, 0.3) is 50.0 Å². The second kappa shape index (κ2) is 46.3. The molecule has 710 valence electrons. The Hall–Kier alpha value is -12.1. The van der Waals surface area contributed by atoms with Crippen LogP contribution in [-0.2, 0) is 53.9 Å². The molecule has 12 aromatic heterocycles. The summed E-state index contributed by atoms with van der Waals surface area (Å²) in [6.45, 7) is 17.6. The van der Waals surface area contributed by atoms with Gasteiger partial charge >= 0.3 is 29.6 Å². The van der Waals surface area contributed by atoms with E-state index < -0.39 is 22.0 Å². The van der Waals surface area contributed by atoms with Gasteiger partial charge in [0.2, 0.25) is 17.8 Å². The van der Waals surface area contributed by atoms with Gasteiger partial charge < -0.3 is 33.1 Å². The van der Waals surface area contributed by atoms with Crippen LogP contribution >= 0.6 is 51.9 Å². The van der Waals surface area contributed by atoms with Crippen LogP contribution in [0, 0.1) is 27.3 Å². The van der Waals surface area contributed by atoms with Crippen molar-refractivity contribution in [2.24, 2.45) is 106 Å². The van der Waals surface area contributed by atoms with Crippen molar-refractivity contribution in [3.63, 3.8) is 0 Å². The van der Waals surface area contributed by atoms with Crippen LogP contribution in [-0.4, -0.2) is 130 Å². The zero-order valence-corrected chi connectivity index (χ0v) is 84.5. The Bertz CT molecular complexity index is 7080. The van der Waals surface area contributed by atoms with Crippen molar-refractivity contribution in [3.8, 4) is 0 Å². The van der Waals surface area contributed by atoms with Crippen LogP contribution in [0.5, 0.6) is 0 Å². The van der Waals surface area contributed by atoms with E-state index in [9.17, 15) is 8.42 Å². The summed E-state index contributed by atoms with van der Waals surface area (Å²) in [6, 6.07) is 43.7. The minimum absolute atomic E-state index is 0. The first kappa shape index (κ1) is 103. The van der Waals surface area contributed by atoms with E-state index in [0.717, 1.165) is 189 Å². The molecule has 139 heavy (non-hydrogen) atoms. The van der Waals surface area contributed by atoms with Gasteiger partial charge in [0.25, 0.3) is 0 Å². The van der Waals surface area contributed by atoms with Gasteiger partial charge in [-0.25, -0.2) is 47.8 Å². The van der Waals surface area contributed by atoms with Gasteiger partial charge in [0.1, 0.15) is 22.2 Å². The Labute approximate surface area is 855 Å². The number of aromatic nitrogens is 15. The molecule has 0 amide bonds. The molecule has 3 saturated heterocycles. The van der Waals surface area contributed by atoms with Crippen molar-refractivity contribution < 1.29 is 38.0 Å². The summed E-state index contributed by atoms with van der Waals surface area (Å²) in [7, 11) is -2.27. The third kappa shape index (κ3) is 23.1. The van der Waals surface area contributed by atoms with Gasteiger partial charge in [-0.2, -0.15) is 11.1 Å². The molecule has 0 bridgehead atoms. The molecule has 15 aromatic rings. The molecular formula is C90H98BrClN39NaO2S5. The molecule has 6 aliphatic rings. The predicted octanol–water partition coefficient (Wildman–Crippen LogP) is 18.0. The topological polar surface area (TPSA) is 507 Å². The molecule has 21 rings (SSSR count). The number of piperidine rings is 3. The number of nitrogens with one attached hydrogen (secondary N) is 4. The fraction of sp³-hybridized carbons (Fsp3) is 0.333. The largest absolute Gasteiger partial charge is 1.00 e. The summed E-state index contributed by atoms with van der Waals surface area (Å²) < 4.78 is 40.0. The number of hydrogen-bond acceptors (Lipinski definition) is 23. The molecular weight excluding hydrogens is 1960 g/mol. The van der Waals surface area contributed by atoms with Gasteiger partial charge in [-0.3, -0.25) is 43.1 Å². The van der Waals surface area contributed by atoms with E-state index in [1.54, 1.807) is 60.7 Å². The Kier molecular flexibility index (Phi) is 34.2. The van der Waals surface area contributed by atoms with E-state index in [1.807, 2.05) is 156 Å². The normalized spacial score (nSPS) is 17.8. The van der Waals surface area contributed by atoms with E-state index in [1.165, 1.54) is 33.4 Å². The molecule has 3 spiro atoms. The zero-order chi connectivity index (χ0) is 94.4. The number of anilines is 3. The number of nitrogens with zero attached hydrogens (tertiary/aromatic N) is 34. The minimum atomic E-state index is -1.15. The van der Waals surface area contributed by atoms with Crippen molar-refractivity contribution in [2.75, 3.05) is 54.0 Å². The fourth-order valence-corrected chi connectivity index (χ4v) is 22.7. The number of pyridine rings is 6. The van der Waals surface area contributed by atoms with E-state index in [-0.39, 0.29) is 93.3 Å². The van der Waals surface area contributed by atoms with E-state index in [2.05, 4.69) is 250 Å². The average Bonchev–Trinajstić information content (AvgIpc) is 1.60. The first-order valence-electron chi connectivity index (χ1n) is 43.5.